The number of ether oxygens (including phenoxy) is 1. The molecule has 0 saturated carbocycles. The van der Waals surface area contributed by atoms with E-state index in [0.717, 1.165) is 17.9 Å². The third kappa shape index (κ3) is 2.95. The Morgan fingerprint density at radius 2 is 2.23 bits per heavy atom. The molecule has 0 aliphatic carbocycles. The Balaban J connectivity index is 2.59. The van der Waals surface area contributed by atoms with Crippen molar-refractivity contribution >= 4 is 11.4 Å². The van der Waals surface area contributed by atoms with Gasteiger partial charge in [-0.1, -0.05) is 6.07 Å². The van der Waals surface area contributed by atoms with E-state index >= 15 is 0 Å². The van der Waals surface area contributed by atoms with Gasteiger partial charge in [-0.05, 0) is 24.6 Å². The van der Waals surface area contributed by atoms with Gasteiger partial charge >= 0.3 is 0 Å². The number of hydrogen-bond donors (Lipinski definition) is 2. The second-order valence-corrected chi connectivity index (χ2v) is 3.01. The summed E-state index contributed by atoms with van der Waals surface area (Å²) in [4.78, 5) is 0. The van der Waals surface area contributed by atoms with Crippen molar-refractivity contribution in [1.29, 1.82) is 0 Å². The van der Waals surface area contributed by atoms with Crippen LogP contribution in [-0.4, -0.2) is 20.3 Å². The number of anilines is 2. The summed E-state index contributed by atoms with van der Waals surface area (Å²) in [5.74, 6) is 0. The Hall–Kier alpha value is -1.22. The van der Waals surface area contributed by atoms with Crippen molar-refractivity contribution in [3.05, 3.63) is 23.8 Å². The van der Waals surface area contributed by atoms with E-state index in [9.17, 15) is 0 Å². The molecule has 13 heavy (non-hydrogen) atoms. The highest BCUT2D eigenvalue weighted by molar-refractivity contribution is 5.66. The molecule has 0 aliphatic heterocycles. The minimum Gasteiger partial charge on any atom is -0.397 e. The number of aryl methyl sites for hydroxylation is 1. The van der Waals surface area contributed by atoms with Crippen molar-refractivity contribution in [3.63, 3.8) is 0 Å². The average Bonchev–Trinajstić information content (AvgIpc) is 2.11. The van der Waals surface area contributed by atoms with E-state index in [2.05, 4.69) is 5.32 Å². The van der Waals surface area contributed by atoms with Crippen molar-refractivity contribution in [2.24, 2.45) is 0 Å². The minimum absolute atomic E-state index is 0.688. The van der Waals surface area contributed by atoms with E-state index in [1.54, 1.807) is 7.11 Å². The molecule has 1 rings (SSSR count). The normalized spacial score (nSPS) is 10.0. The Bertz CT molecular complexity index is 274. The first-order valence-corrected chi connectivity index (χ1v) is 4.33. The number of nitrogens with two attached hydrogens (primary N) is 1. The van der Waals surface area contributed by atoms with Gasteiger partial charge < -0.3 is 15.8 Å². The fraction of sp³-hybridized carbons (Fsp3) is 0.400. The second kappa shape index (κ2) is 4.72. The summed E-state index contributed by atoms with van der Waals surface area (Å²) >= 11 is 0. The molecule has 3 heteroatoms. The molecule has 3 nitrogen and oxygen atoms in total. The third-order valence-electron chi connectivity index (χ3n) is 1.83. The molecule has 72 valence electrons. The van der Waals surface area contributed by atoms with Crippen LogP contribution in [0.15, 0.2) is 18.2 Å². The largest absolute Gasteiger partial charge is 0.397 e. The molecule has 0 spiro atoms. The first-order valence-electron chi connectivity index (χ1n) is 4.33. The molecule has 0 bridgehead atoms. The number of nitrogen functional groups attached to an aromatic ring is 1. The van der Waals surface area contributed by atoms with Gasteiger partial charge in [0.2, 0.25) is 0 Å². The van der Waals surface area contributed by atoms with Gasteiger partial charge in [-0.25, -0.2) is 0 Å². The van der Waals surface area contributed by atoms with Gasteiger partial charge in [0.25, 0.3) is 0 Å². The van der Waals surface area contributed by atoms with Crippen LogP contribution in [0.2, 0.25) is 0 Å². The number of benzene rings is 1. The zero-order valence-corrected chi connectivity index (χ0v) is 8.13. The topological polar surface area (TPSA) is 47.3 Å². The molecule has 0 aromatic heterocycles. The number of nitrogens with one attached hydrogen (secondary N) is 1. The summed E-state index contributed by atoms with van der Waals surface area (Å²) in [6.45, 7) is 3.51. The first-order chi connectivity index (χ1) is 6.24. The SMILES string of the molecule is COCCNc1cc(C)ccc1N. The van der Waals surface area contributed by atoms with Gasteiger partial charge in [0.15, 0.2) is 0 Å². The number of methoxy groups -OCH3 is 1. The van der Waals surface area contributed by atoms with Crippen LogP contribution in [0, 0.1) is 6.92 Å². The Labute approximate surface area is 78.9 Å². The van der Waals surface area contributed by atoms with Gasteiger partial charge in [0, 0.05) is 13.7 Å². The molecular formula is C10H16N2O. The van der Waals surface area contributed by atoms with Gasteiger partial charge in [0.1, 0.15) is 0 Å². The molecular weight excluding hydrogens is 164 g/mol. The van der Waals surface area contributed by atoms with Crippen LogP contribution in [-0.2, 0) is 4.74 Å². The van der Waals surface area contributed by atoms with Crippen molar-refractivity contribution in [2.75, 3.05) is 31.3 Å². The molecule has 0 radical (unpaired) electrons. The standard InChI is InChI=1S/C10H16N2O/c1-8-3-4-9(11)10(7-8)12-5-6-13-2/h3-4,7,12H,5-6,11H2,1-2H3. The summed E-state index contributed by atoms with van der Waals surface area (Å²) < 4.78 is 4.93. The van der Waals surface area contributed by atoms with Crippen molar-refractivity contribution in [1.82, 2.24) is 0 Å². The summed E-state index contributed by atoms with van der Waals surface area (Å²) in [7, 11) is 1.68. The maximum absolute atomic E-state index is 5.77. The minimum atomic E-state index is 0.688. The fourth-order valence-corrected chi connectivity index (χ4v) is 1.11. The molecule has 0 fully saturated rings. The predicted molar refractivity (Wildman–Crippen MR) is 56.0 cm³/mol. The summed E-state index contributed by atoms with van der Waals surface area (Å²) in [6, 6.07) is 5.94. The maximum Gasteiger partial charge on any atom is 0.0635 e. The Kier molecular flexibility index (Phi) is 3.58. The molecule has 1 aromatic carbocycles. The van der Waals surface area contributed by atoms with Gasteiger partial charge in [-0.3, -0.25) is 0 Å². The highest BCUT2D eigenvalue weighted by Crippen LogP contribution is 2.18. The lowest BCUT2D eigenvalue weighted by atomic mass is 10.2. The lowest BCUT2D eigenvalue weighted by Gasteiger charge is -2.09. The smallest absolute Gasteiger partial charge is 0.0635 e. The third-order valence-corrected chi connectivity index (χ3v) is 1.83. The lowest BCUT2D eigenvalue weighted by Crippen LogP contribution is -2.09. The zero-order valence-electron chi connectivity index (χ0n) is 8.13. The van der Waals surface area contributed by atoms with E-state index in [4.69, 9.17) is 10.5 Å². The summed E-state index contributed by atoms with van der Waals surface area (Å²) in [5, 5.41) is 3.20. The molecule has 0 unspecified atom stereocenters. The van der Waals surface area contributed by atoms with E-state index in [1.807, 2.05) is 25.1 Å². The van der Waals surface area contributed by atoms with Crippen LogP contribution in [0.3, 0.4) is 0 Å². The van der Waals surface area contributed by atoms with Crippen LogP contribution >= 0.6 is 0 Å². The van der Waals surface area contributed by atoms with E-state index in [1.165, 1.54) is 5.56 Å². The Morgan fingerprint density at radius 3 is 2.92 bits per heavy atom. The van der Waals surface area contributed by atoms with Crippen molar-refractivity contribution < 1.29 is 4.74 Å². The summed E-state index contributed by atoms with van der Waals surface area (Å²) in [6.07, 6.45) is 0. The first kappa shape index (κ1) is 9.86. The number of rotatable bonds is 4. The second-order valence-electron chi connectivity index (χ2n) is 3.01. The molecule has 0 heterocycles. The van der Waals surface area contributed by atoms with Gasteiger partial charge in [-0.15, -0.1) is 0 Å². The van der Waals surface area contributed by atoms with E-state index < -0.39 is 0 Å². The van der Waals surface area contributed by atoms with Crippen LogP contribution in [0.4, 0.5) is 11.4 Å². The molecule has 0 atom stereocenters. The van der Waals surface area contributed by atoms with Crippen LogP contribution in [0.1, 0.15) is 5.56 Å². The zero-order chi connectivity index (χ0) is 9.68. The van der Waals surface area contributed by atoms with E-state index in [-0.39, 0.29) is 0 Å². The van der Waals surface area contributed by atoms with Gasteiger partial charge in [0.05, 0.1) is 18.0 Å². The molecule has 0 aliphatic rings. The van der Waals surface area contributed by atoms with Crippen LogP contribution < -0.4 is 11.1 Å². The lowest BCUT2D eigenvalue weighted by molar-refractivity contribution is 0.211. The quantitative estimate of drug-likeness (QED) is 0.547. The van der Waals surface area contributed by atoms with Crippen LogP contribution in [0.5, 0.6) is 0 Å². The number of hydrogen-bond acceptors (Lipinski definition) is 3. The Morgan fingerprint density at radius 1 is 1.46 bits per heavy atom. The molecule has 3 N–H and O–H groups in total. The molecule has 0 saturated heterocycles. The van der Waals surface area contributed by atoms with Gasteiger partial charge in [-0.2, -0.15) is 0 Å². The molecule has 1 aromatic rings. The average molecular weight is 180 g/mol. The predicted octanol–water partition coefficient (Wildman–Crippen LogP) is 1.64. The van der Waals surface area contributed by atoms with Crippen molar-refractivity contribution in [2.45, 2.75) is 6.92 Å². The van der Waals surface area contributed by atoms with Crippen molar-refractivity contribution in [3.8, 4) is 0 Å². The van der Waals surface area contributed by atoms with Crippen LogP contribution in [0.25, 0.3) is 0 Å². The monoisotopic (exact) mass is 180 g/mol. The fourth-order valence-electron chi connectivity index (χ4n) is 1.11. The maximum atomic E-state index is 5.77. The molecule has 0 amide bonds. The highest BCUT2D eigenvalue weighted by Gasteiger charge is 1.97. The summed E-state index contributed by atoms with van der Waals surface area (Å²) in [5.41, 5.74) is 8.73. The van der Waals surface area contributed by atoms with E-state index in [0.29, 0.717) is 6.61 Å². The highest BCUT2D eigenvalue weighted by atomic mass is 16.5.